The highest BCUT2D eigenvalue weighted by Gasteiger charge is 2.02. The molecule has 0 aromatic heterocycles. The van der Waals surface area contributed by atoms with Crippen LogP contribution in [0.3, 0.4) is 0 Å². The topological polar surface area (TPSA) is 23.8 Å². The van der Waals surface area contributed by atoms with Gasteiger partial charge in [-0.05, 0) is 41.5 Å². The number of hydrogen-bond donors (Lipinski definition) is 0. The van der Waals surface area contributed by atoms with Gasteiger partial charge >= 0.3 is 0 Å². The van der Waals surface area contributed by atoms with Crippen molar-refractivity contribution in [2.75, 3.05) is 0 Å². The van der Waals surface area contributed by atoms with E-state index in [-0.39, 0.29) is 0 Å². The number of benzene rings is 2. The van der Waals surface area contributed by atoms with Crippen molar-refractivity contribution in [3.05, 3.63) is 58.1 Å². The molecule has 0 unspecified atom stereocenters. The Kier molecular flexibility index (Phi) is 3.14. The molecule has 0 aliphatic heterocycles. The van der Waals surface area contributed by atoms with Gasteiger partial charge in [0.2, 0.25) is 0 Å². The third-order valence-electron chi connectivity index (χ3n) is 2.20. The van der Waals surface area contributed by atoms with Gasteiger partial charge in [0, 0.05) is 10.0 Å². The zero-order chi connectivity index (χ0) is 11.5. The molecule has 3 heteroatoms. The molecular formula is C13H7Cl2N. The summed E-state index contributed by atoms with van der Waals surface area (Å²) < 4.78 is 0. The van der Waals surface area contributed by atoms with Gasteiger partial charge in [0.1, 0.15) is 0 Å². The minimum absolute atomic E-state index is 0.553. The summed E-state index contributed by atoms with van der Waals surface area (Å²) in [7, 11) is 0. The largest absolute Gasteiger partial charge is 0.192 e. The molecule has 2 rings (SSSR count). The summed E-state index contributed by atoms with van der Waals surface area (Å²) in [6.45, 7) is 0. The fourth-order valence-electron chi connectivity index (χ4n) is 1.46. The molecule has 0 saturated heterocycles. The van der Waals surface area contributed by atoms with Crippen LogP contribution in [0.25, 0.3) is 11.1 Å². The van der Waals surface area contributed by atoms with Gasteiger partial charge in [-0.15, -0.1) is 0 Å². The highest BCUT2D eigenvalue weighted by molar-refractivity contribution is 6.31. The quantitative estimate of drug-likeness (QED) is 0.727. The van der Waals surface area contributed by atoms with Crippen LogP contribution in [-0.4, -0.2) is 0 Å². The van der Waals surface area contributed by atoms with Crippen LogP contribution >= 0.6 is 23.2 Å². The first-order valence-corrected chi connectivity index (χ1v) is 5.41. The van der Waals surface area contributed by atoms with Gasteiger partial charge in [0.15, 0.2) is 0 Å². The first-order chi connectivity index (χ1) is 7.69. The molecule has 1 nitrogen and oxygen atoms in total. The summed E-state index contributed by atoms with van der Waals surface area (Å²) >= 11 is 11.7. The zero-order valence-corrected chi connectivity index (χ0v) is 9.76. The lowest BCUT2D eigenvalue weighted by molar-refractivity contribution is 1.48. The summed E-state index contributed by atoms with van der Waals surface area (Å²) in [5.41, 5.74) is 2.46. The number of nitriles is 1. The van der Waals surface area contributed by atoms with Gasteiger partial charge in [-0.25, -0.2) is 0 Å². The van der Waals surface area contributed by atoms with Crippen LogP contribution < -0.4 is 0 Å². The molecule has 0 amide bonds. The molecule has 0 atom stereocenters. The lowest BCUT2D eigenvalue weighted by atomic mass is 10.0. The molecule has 78 valence electrons. The van der Waals surface area contributed by atoms with Crippen molar-refractivity contribution in [2.45, 2.75) is 0 Å². The first-order valence-electron chi connectivity index (χ1n) is 4.65. The van der Waals surface area contributed by atoms with Crippen molar-refractivity contribution in [1.82, 2.24) is 0 Å². The van der Waals surface area contributed by atoms with Crippen molar-refractivity contribution in [3.8, 4) is 17.2 Å². The lowest BCUT2D eigenvalue weighted by Gasteiger charge is -2.03. The summed E-state index contributed by atoms with van der Waals surface area (Å²) in [6, 6.07) is 14.8. The Labute approximate surface area is 104 Å². The fourth-order valence-corrected chi connectivity index (χ4v) is 1.82. The minimum Gasteiger partial charge on any atom is -0.192 e. The van der Waals surface area contributed by atoms with Gasteiger partial charge in [-0.2, -0.15) is 5.26 Å². The van der Waals surface area contributed by atoms with Crippen LogP contribution in [0.4, 0.5) is 0 Å². The van der Waals surface area contributed by atoms with Crippen LogP contribution in [0, 0.1) is 11.3 Å². The van der Waals surface area contributed by atoms with E-state index in [4.69, 9.17) is 28.5 Å². The molecule has 0 N–H and O–H groups in total. The number of rotatable bonds is 1. The normalized spacial score (nSPS) is 9.81. The Morgan fingerprint density at radius 1 is 0.812 bits per heavy atom. The molecule has 0 fully saturated rings. The molecule has 16 heavy (non-hydrogen) atoms. The monoisotopic (exact) mass is 247 g/mol. The second-order valence-corrected chi connectivity index (χ2v) is 4.22. The Morgan fingerprint density at radius 3 is 2.12 bits per heavy atom. The predicted molar refractivity (Wildman–Crippen MR) is 66.6 cm³/mol. The van der Waals surface area contributed by atoms with E-state index < -0.39 is 0 Å². The van der Waals surface area contributed by atoms with Gasteiger partial charge in [-0.1, -0.05) is 35.3 Å². The maximum absolute atomic E-state index is 8.85. The average molecular weight is 248 g/mol. The molecular weight excluding hydrogens is 241 g/mol. The highest BCUT2D eigenvalue weighted by atomic mass is 35.5. The predicted octanol–water partition coefficient (Wildman–Crippen LogP) is 4.53. The van der Waals surface area contributed by atoms with E-state index in [2.05, 4.69) is 6.07 Å². The van der Waals surface area contributed by atoms with Crippen LogP contribution in [0.1, 0.15) is 5.56 Å². The molecule has 0 saturated carbocycles. The van der Waals surface area contributed by atoms with Gasteiger partial charge in [0.25, 0.3) is 0 Å². The lowest BCUT2D eigenvalue weighted by Crippen LogP contribution is -1.81. The van der Waals surface area contributed by atoms with Crippen molar-refractivity contribution in [1.29, 1.82) is 5.26 Å². The molecule has 2 aromatic carbocycles. The van der Waals surface area contributed by atoms with E-state index in [9.17, 15) is 0 Å². The van der Waals surface area contributed by atoms with Crippen LogP contribution in [0.5, 0.6) is 0 Å². The van der Waals surface area contributed by atoms with Crippen LogP contribution in [0.2, 0.25) is 10.0 Å². The molecule has 0 radical (unpaired) electrons. The highest BCUT2D eigenvalue weighted by Crippen LogP contribution is 2.25. The van der Waals surface area contributed by atoms with E-state index in [1.54, 1.807) is 12.1 Å². The fraction of sp³-hybridized carbons (Fsp3) is 0. The van der Waals surface area contributed by atoms with E-state index in [1.807, 2.05) is 30.3 Å². The third-order valence-corrected chi connectivity index (χ3v) is 2.67. The maximum atomic E-state index is 8.85. The van der Waals surface area contributed by atoms with Gasteiger partial charge in [0.05, 0.1) is 11.6 Å². The Balaban J connectivity index is 2.52. The number of nitrogens with zero attached hydrogens (tertiary/aromatic N) is 1. The maximum Gasteiger partial charge on any atom is 0.0992 e. The third kappa shape index (κ3) is 2.36. The molecule has 0 aliphatic carbocycles. The van der Waals surface area contributed by atoms with Gasteiger partial charge < -0.3 is 0 Å². The molecule has 0 heterocycles. The summed E-state index contributed by atoms with van der Waals surface area (Å²) in [4.78, 5) is 0. The molecule has 0 spiro atoms. The van der Waals surface area contributed by atoms with Crippen molar-refractivity contribution in [2.24, 2.45) is 0 Å². The summed E-state index contributed by atoms with van der Waals surface area (Å²) in [6.07, 6.45) is 0. The summed E-state index contributed by atoms with van der Waals surface area (Å²) in [5, 5.41) is 10.1. The first kappa shape index (κ1) is 11.0. The van der Waals surface area contributed by atoms with Gasteiger partial charge in [-0.3, -0.25) is 0 Å². The van der Waals surface area contributed by atoms with Crippen molar-refractivity contribution >= 4 is 23.2 Å². The zero-order valence-electron chi connectivity index (χ0n) is 8.24. The number of halogens is 2. The van der Waals surface area contributed by atoms with E-state index in [0.717, 1.165) is 11.1 Å². The van der Waals surface area contributed by atoms with E-state index in [1.165, 1.54) is 0 Å². The van der Waals surface area contributed by atoms with Crippen molar-refractivity contribution in [3.63, 3.8) is 0 Å². The average Bonchev–Trinajstić information content (AvgIpc) is 2.29. The SMILES string of the molecule is N#Cc1cc(Cl)cc(-c2ccc(Cl)cc2)c1. The second kappa shape index (κ2) is 4.57. The smallest absolute Gasteiger partial charge is 0.0992 e. The second-order valence-electron chi connectivity index (χ2n) is 3.35. The Bertz CT molecular complexity index is 553. The van der Waals surface area contributed by atoms with Crippen LogP contribution in [0.15, 0.2) is 42.5 Å². The Hall–Kier alpha value is -1.49. The number of hydrogen-bond acceptors (Lipinski definition) is 1. The summed E-state index contributed by atoms with van der Waals surface area (Å²) in [5.74, 6) is 0. The minimum atomic E-state index is 0.553. The molecule has 0 aliphatic rings. The van der Waals surface area contributed by atoms with E-state index >= 15 is 0 Å². The molecule has 0 bridgehead atoms. The van der Waals surface area contributed by atoms with Crippen molar-refractivity contribution < 1.29 is 0 Å². The Morgan fingerprint density at radius 2 is 1.50 bits per heavy atom. The molecule has 2 aromatic rings. The van der Waals surface area contributed by atoms with Crippen LogP contribution in [-0.2, 0) is 0 Å². The standard InChI is InChI=1S/C13H7Cl2N/c14-12-3-1-10(2-4-12)11-5-9(8-16)6-13(15)7-11/h1-7H. The van der Waals surface area contributed by atoms with E-state index in [0.29, 0.717) is 15.6 Å².